The number of rotatable bonds is 7. The van der Waals surface area contributed by atoms with Gasteiger partial charge in [-0.25, -0.2) is 4.79 Å². The van der Waals surface area contributed by atoms with E-state index in [4.69, 9.17) is 13.9 Å². The zero-order valence-electron chi connectivity index (χ0n) is 20.2. The van der Waals surface area contributed by atoms with Crippen LogP contribution < -0.4 is 10.9 Å². The Balaban J connectivity index is 1.30. The van der Waals surface area contributed by atoms with Crippen LogP contribution in [0.2, 0.25) is 0 Å². The first-order valence-corrected chi connectivity index (χ1v) is 12.4. The molecule has 1 fully saturated rings. The molecule has 0 bridgehead atoms. The molecule has 1 aliphatic rings. The molecule has 0 aliphatic heterocycles. The van der Waals surface area contributed by atoms with Crippen molar-refractivity contribution in [2.24, 2.45) is 11.8 Å². The van der Waals surface area contributed by atoms with Crippen molar-refractivity contribution < 1.29 is 23.5 Å². The number of carboxylic acids is 1. The molecule has 0 radical (unpaired) electrons. The van der Waals surface area contributed by atoms with Crippen LogP contribution >= 0.6 is 0 Å². The second kappa shape index (κ2) is 10.0. The number of aliphatic carboxylic acids is 1. The molecule has 1 aliphatic carbocycles. The van der Waals surface area contributed by atoms with Crippen LogP contribution in [0.15, 0.2) is 62.4 Å². The second-order valence-corrected chi connectivity index (χ2v) is 9.71. The highest BCUT2D eigenvalue weighted by Crippen LogP contribution is 2.34. The Kier molecular flexibility index (Phi) is 6.63. The molecule has 2 aromatic carbocycles. The van der Waals surface area contributed by atoms with Crippen LogP contribution in [0.1, 0.15) is 43.2 Å². The minimum atomic E-state index is -0.730. The Morgan fingerprint density at radius 1 is 1.03 bits per heavy atom. The van der Waals surface area contributed by atoms with Crippen molar-refractivity contribution in [1.82, 2.24) is 5.32 Å². The number of aryl methyl sites for hydroxylation is 1. The smallest absolute Gasteiger partial charge is 0.339 e. The number of fused-ring (bicyclic) bond motifs is 2. The van der Waals surface area contributed by atoms with Gasteiger partial charge in [-0.05, 0) is 62.1 Å². The monoisotopic (exact) mass is 487 g/mol. The van der Waals surface area contributed by atoms with Crippen molar-refractivity contribution in [1.29, 1.82) is 0 Å². The molecule has 1 amide bonds. The minimum absolute atomic E-state index is 0.120. The molecule has 0 unspecified atom stereocenters. The largest absolute Gasteiger partial charge is 0.481 e. The number of carbonyl (C=O) groups excluding carboxylic acids is 1. The molecule has 0 atom stereocenters. The van der Waals surface area contributed by atoms with Gasteiger partial charge in [0.1, 0.15) is 11.2 Å². The van der Waals surface area contributed by atoms with Crippen molar-refractivity contribution in [2.75, 3.05) is 6.54 Å². The maximum atomic E-state index is 12.7. The highest BCUT2D eigenvalue weighted by Gasteiger charge is 2.26. The van der Waals surface area contributed by atoms with Crippen LogP contribution in [0.4, 0.5) is 0 Å². The topological polar surface area (TPSA) is 110 Å². The molecule has 5 rings (SSSR count). The number of hydrogen-bond acceptors (Lipinski definition) is 5. The molecule has 0 saturated heterocycles. The number of benzene rings is 2. The van der Waals surface area contributed by atoms with Gasteiger partial charge in [-0.3, -0.25) is 9.59 Å². The highest BCUT2D eigenvalue weighted by atomic mass is 16.4. The number of furan rings is 1. The molecule has 1 saturated carbocycles. The van der Waals surface area contributed by atoms with Gasteiger partial charge in [-0.1, -0.05) is 30.3 Å². The first-order chi connectivity index (χ1) is 17.4. The maximum absolute atomic E-state index is 12.7. The zero-order valence-corrected chi connectivity index (χ0v) is 20.2. The van der Waals surface area contributed by atoms with Gasteiger partial charge in [0, 0.05) is 40.9 Å². The molecule has 2 aromatic heterocycles. The van der Waals surface area contributed by atoms with Crippen LogP contribution in [0.3, 0.4) is 0 Å². The summed E-state index contributed by atoms with van der Waals surface area (Å²) >= 11 is 0. The highest BCUT2D eigenvalue weighted by molar-refractivity contribution is 6.02. The second-order valence-electron chi connectivity index (χ2n) is 9.71. The van der Waals surface area contributed by atoms with Crippen molar-refractivity contribution in [3.05, 3.63) is 70.3 Å². The first-order valence-electron chi connectivity index (χ1n) is 12.4. The van der Waals surface area contributed by atoms with Gasteiger partial charge >= 0.3 is 11.6 Å². The Morgan fingerprint density at radius 2 is 1.78 bits per heavy atom. The fourth-order valence-corrected chi connectivity index (χ4v) is 5.24. The van der Waals surface area contributed by atoms with Gasteiger partial charge in [0.15, 0.2) is 0 Å². The van der Waals surface area contributed by atoms with Crippen molar-refractivity contribution >= 4 is 33.8 Å². The van der Waals surface area contributed by atoms with Crippen LogP contribution in [-0.4, -0.2) is 23.5 Å². The van der Waals surface area contributed by atoms with E-state index in [2.05, 4.69) is 5.32 Å². The summed E-state index contributed by atoms with van der Waals surface area (Å²) in [6.07, 6.45) is 5.11. The molecule has 4 aromatic rings. The van der Waals surface area contributed by atoms with Crippen molar-refractivity contribution in [3.63, 3.8) is 0 Å². The van der Waals surface area contributed by atoms with Gasteiger partial charge in [0.05, 0.1) is 12.2 Å². The van der Waals surface area contributed by atoms with Gasteiger partial charge < -0.3 is 19.3 Å². The van der Waals surface area contributed by atoms with Crippen molar-refractivity contribution in [3.8, 4) is 11.1 Å². The SMILES string of the molecule is Cc1c(CCC(=O)NCC2CCC(C(=O)O)CC2)c(=O)oc2cc3occ(-c4ccccc4)c3cc12. The van der Waals surface area contributed by atoms with E-state index in [1.54, 1.807) is 12.3 Å². The van der Waals surface area contributed by atoms with E-state index in [1.165, 1.54) is 0 Å². The summed E-state index contributed by atoms with van der Waals surface area (Å²) in [5.74, 6) is -0.815. The Labute approximate surface area is 208 Å². The van der Waals surface area contributed by atoms with Gasteiger partial charge in [0.25, 0.3) is 0 Å². The summed E-state index contributed by atoms with van der Waals surface area (Å²) in [5, 5.41) is 13.9. The number of nitrogens with one attached hydrogen (secondary N) is 1. The van der Waals surface area contributed by atoms with Crippen LogP contribution in [0, 0.1) is 18.8 Å². The standard InChI is InChI=1S/C29H29NO6/c1-17-21(11-12-27(31)30-15-18-7-9-20(10-8-18)28(32)33)29(34)36-26-14-25-23(13-22(17)26)24(16-35-25)19-5-3-2-4-6-19/h2-6,13-14,16,18,20H,7-12,15H2,1H3,(H,30,31)(H,32,33). The predicted molar refractivity (Wildman–Crippen MR) is 137 cm³/mol. The summed E-state index contributed by atoms with van der Waals surface area (Å²) in [6, 6.07) is 13.7. The third-order valence-electron chi connectivity index (χ3n) is 7.45. The van der Waals surface area contributed by atoms with E-state index in [0.29, 0.717) is 42.0 Å². The average Bonchev–Trinajstić information content (AvgIpc) is 3.30. The van der Waals surface area contributed by atoms with E-state index in [-0.39, 0.29) is 24.7 Å². The van der Waals surface area contributed by atoms with E-state index in [9.17, 15) is 14.4 Å². The Hall–Kier alpha value is -3.87. The molecule has 2 heterocycles. The molecule has 2 N–H and O–H groups in total. The van der Waals surface area contributed by atoms with E-state index in [1.807, 2.05) is 43.3 Å². The number of carboxylic acid groups (broad SMARTS) is 1. The molecule has 36 heavy (non-hydrogen) atoms. The quantitative estimate of drug-likeness (QED) is 0.335. The molecular formula is C29H29NO6. The predicted octanol–water partition coefficient (Wildman–Crippen LogP) is 5.45. The molecule has 7 nitrogen and oxygen atoms in total. The zero-order chi connectivity index (χ0) is 25.2. The lowest BCUT2D eigenvalue weighted by molar-refractivity contribution is -0.143. The van der Waals surface area contributed by atoms with Gasteiger partial charge in [0.2, 0.25) is 5.91 Å². The lowest BCUT2D eigenvalue weighted by Gasteiger charge is -2.26. The Bertz CT molecular complexity index is 1470. The normalized spacial score (nSPS) is 17.9. The number of hydrogen-bond donors (Lipinski definition) is 2. The molecule has 186 valence electrons. The maximum Gasteiger partial charge on any atom is 0.339 e. The van der Waals surface area contributed by atoms with Crippen LogP contribution in [0.5, 0.6) is 0 Å². The van der Waals surface area contributed by atoms with Gasteiger partial charge in [-0.2, -0.15) is 0 Å². The Morgan fingerprint density at radius 3 is 2.50 bits per heavy atom. The lowest BCUT2D eigenvalue weighted by atomic mass is 9.82. The fraction of sp³-hybridized carbons (Fsp3) is 0.345. The van der Waals surface area contributed by atoms with E-state index in [0.717, 1.165) is 40.3 Å². The van der Waals surface area contributed by atoms with Crippen molar-refractivity contribution in [2.45, 2.75) is 45.4 Å². The summed E-state index contributed by atoms with van der Waals surface area (Å²) in [5.41, 5.74) is 3.99. The van der Waals surface area contributed by atoms with Gasteiger partial charge in [-0.15, -0.1) is 0 Å². The van der Waals surface area contributed by atoms with Crippen LogP contribution in [-0.2, 0) is 16.0 Å². The lowest BCUT2D eigenvalue weighted by Crippen LogP contribution is -2.32. The van der Waals surface area contributed by atoms with E-state index >= 15 is 0 Å². The third-order valence-corrected chi connectivity index (χ3v) is 7.45. The summed E-state index contributed by atoms with van der Waals surface area (Å²) in [7, 11) is 0. The number of amides is 1. The molecule has 0 spiro atoms. The molecule has 7 heteroatoms. The van der Waals surface area contributed by atoms with Crippen LogP contribution in [0.25, 0.3) is 33.1 Å². The fourth-order valence-electron chi connectivity index (χ4n) is 5.24. The first kappa shape index (κ1) is 23.9. The summed E-state index contributed by atoms with van der Waals surface area (Å²) < 4.78 is 11.4. The average molecular weight is 488 g/mol. The molecular weight excluding hydrogens is 458 g/mol. The minimum Gasteiger partial charge on any atom is -0.481 e. The number of carbonyl (C=O) groups is 2. The summed E-state index contributed by atoms with van der Waals surface area (Å²) in [4.78, 5) is 36.4. The third kappa shape index (κ3) is 4.78. The summed E-state index contributed by atoms with van der Waals surface area (Å²) in [6.45, 7) is 2.43. The van der Waals surface area contributed by atoms with E-state index < -0.39 is 11.6 Å².